The van der Waals surface area contributed by atoms with Crippen LogP contribution >= 0.6 is 27.5 Å². The van der Waals surface area contributed by atoms with Gasteiger partial charge in [-0.05, 0) is 54.8 Å². The first-order chi connectivity index (χ1) is 10.5. The predicted octanol–water partition coefficient (Wildman–Crippen LogP) is 4.18. The summed E-state index contributed by atoms with van der Waals surface area (Å²) in [6.45, 7) is 2.89. The number of carbonyl (C=O) groups excluding carboxylic acids is 1. The van der Waals surface area contributed by atoms with E-state index in [1.807, 2.05) is 49.4 Å². The molecule has 5 heteroatoms. The molecule has 0 fully saturated rings. The number of nitrogens with one attached hydrogen (secondary N) is 2. The van der Waals surface area contributed by atoms with E-state index in [0.29, 0.717) is 6.54 Å². The van der Waals surface area contributed by atoms with Gasteiger partial charge in [0.15, 0.2) is 0 Å². The Labute approximate surface area is 144 Å². The molecular weight excluding hydrogens is 364 g/mol. The molecule has 0 aromatic heterocycles. The summed E-state index contributed by atoms with van der Waals surface area (Å²) in [4.78, 5) is 11.8. The zero-order valence-electron chi connectivity index (χ0n) is 12.3. The highest BCUT2D eigenvalue weighted by atomic mass is 79.9. The van der Waals surface area contributed by atoms with Gasteiger partial charge in [0, 0.05) is 21.7 Å². The third-order valence-corrected chi connectivity index (χ3v) is 4.02. The Kier molecular flexibility index (Phi) is 6.28. The molecule has 0 bridgehead atoms. The molecule has 0 aliphatic carbocycles. The number of benzene rings is 2. The van der Waals surface area contributed by atoms with Crippen LogP contribution in [0.4, 0.5) is 5.69 Å². The summed E-state index contributed by atoms with van der Waals surface area (Å²) >= 11 is 9.26. The van der Waals surface area contributed by atoms with Crippen molar-refractivity contribution >= 4 is 39.1 Å². The maximum atomic E-state index is 11.8. The van der Waals surface area contributed by atoms with Crippen LogP contribution in [0.15, 0.2) is 46.9 Å². The van der Waals surface area contributed by atoms with Crippen molar-refractivity contribution in [3.8, 4) is 0 Å². The molecule has 2 aromatic rings. The topological polar surface area (TPSA) is 41.1 Å². The van der Waals surface area contributed by atoms with Gasteiger partial charge < -0.3 is 10.6 Å². The van der Waals surface area contributed by atoms with E-state index in [9.17, 15) is 4.79 Å². The lowest BCUT2D eigenvalue weighted by Crippen LogP contribution is -2.31. The van der Waals surface area contributed by atoms with Crippen molar-refractivity contribution < 1.29 is 4.79 Å². The van der Waals surface area contributed by atoms with Gasteiger partial charge in [0.25, 0.3) is 0 Å². The average molecular weight is 382 g/mol. The van der Waals surface area contributed by atoms with Gasteiger partial charge in [-0.3, -0.25) is 4.79 Å². The van der Waals surface area contributed by atoms with Gasteiger partial charge in [0.2, 0.25) is 5.91 Å². The molecular formula is C17H18BrClN2O. The van der Waals surface area contributed by atoms with E-state index in [2.05, 4.69) is 26.6 Å². The van der Waals surface area contributed by atoms with Gasteiger partial charge in [-0.25, -0.2) is 0 Å². The minimum Gasteiger partial charge on any atom is -0.376 e. The Morgan fingerprint density at radius 1 is 1.18 bits per heavy atom. The second-order valence-electron chi connectivity index (χ2n) is 5.04. The van der Waals surface area contributed by atoms with Gasteiger partial charge in [-0.15, -0.1) is 0 Å². The molecule has 0 aliphatic heterocycles. The van der Waals surface area contributed by atoms with E-state index in [0.717, 1.165) is 32.7 Å². The fraction of sp³-hybridized carbons (Fsp3) is 0.235. The monoisotopic (exact) mass is 380 g/mol. The highest BCUT2D eigenvalue weighted by Gasteiger charge is 2.03. The van der Waals surface area contributed by atoms with Crippen molar-refractivity contribution in [2.45, 2.75) is 13.3 Å². The zero-order chi connectivity index (χ0) is 15.9. The number of halogens is 2. The van der Waals surface area contributed by atoms with E-state index < -0.39 is 0 Å². The summed E-state index contributed by atoms with van der Waals surface area (Å²) in [5, 5.41) is 6.77. The van der Waals surface area contributed by atoms with Crippen molar-refractivity contribution in [2.24, 2.45) is 0 Å². The first-order valence-corrected chi connectivity index (χ1v) is 8.23. The lowest BCUT2D eigenvalue weighted by atomic mass is 10.1. The van der Waals surface area contributed by atoms with Crippen molar-refractivity contribution in [3.63, 3.8) is 0 Å². The molecule has 0 spiro atoms. The normalized spacial score (nSPS) is 10.3. The summed E-state index contributed by atoms with van der Waals surface area (Å²) in [5.74, 6) is -0.0173. The minimum atomic E-state index is -0.0173. The number of hydrogen-bond acceptors (Lipinski definition) is 2. The number of anilines is 1. The molecule has 0 saturated heterocycles. The Bertz CT molecular complexity index is 644. The maximum Gasteiger partial charge on any atom is 0.239 e. The first-order valence-electron chi connectivity index (χ1n) is 7.06. The molecule has 2 rings (SSSR count). The quantitative estimate of drug-likeness (QED) is 0.788. The molecule has 1 amide bonds. The van der Waals surface area contributed by atoms with Crippen LogP contribution in [0.3, 0.4) is 0 Å². The Balaban J connectivity index is 1.72. The lowest BCUT2D eigenvalue weighted by molar-refractivity contribution is -0.119. The molecule has 22 heavy (non-hydrogen) atoms. The van der Waals surface area contributed by atoms with Gasteiger partial charge >= 0.3 is 0 Å². The first kappa shape index (κ1) is 16.8. The summed E-state index contributed by atoms with van der Waals surface area (Å²) in [7, 11) is 0. The number of carbonyl (C=O) groups is 1. The second kappa shape index (κ2) is 8.20. The lowest BCUT2D eigenvalue weighted by Gasteiger charge is -2.10. The Morgan fingerprint density at radius 3 is 2.59 bits per heavy atom. The van der Waals surface area contributed by atoms with Crippen molar-refractivity contribution in [3.05, 3.63) is 63.1 Å². The second-order valence-corrected chi connectivity index (χ2v) is 6.39. The highest BCUT2D eigenvalue weighted by Crippen LogP contribution is 2.19. The van der Waals surface area contributed by atoms with Crippen LogP contribution in [0.1, 0.15) is 11.1 Å². The van der Waals surface area contributed by atoms with Crippen LogP contribution in [0.5, 0.6) is 0 Å². The van der Waals surface area contributed by atoms with E-state index in [1.165, 1.54) is 0 Å². The van der Waals surface area contributed by atoms with Gasteiger partial charge in [0.1, 0.15) is 0 Å². The minimum absolute atomic E-state index is 0.0173. The van der Waals surface area contributed by atoms with E-state index >= 15 is 0 Å². The fourth-order valence-corrected chi connectivity index (χ4v) is 2.66. The van der Waals surface area contributed by atoms with E-state index in [-0.39, 0.29) is 12.5 Å². The number of amides is 1. The molecule has 0 radical (unpaired) electrons. The molecule has 0 atom stereocenters. The Morgan fingerprint density at radius 2 is 1.91 bits per heavy atom. The average Bonchev–Trinajstić information content (AvgIpc) is 2.48. The molecule has 116 valence electrons. The van der Waals surface area contributed by atoms with E-state index in [1.54, 1.807) is 0 Å². The molecule has 0 heterocycles. The maximum absolute atomic E-state index is 11.8. The summed E-state index contributed by atoms with van der Waals surface area (Å²) in [6.07, 6.45) is 0.792. The van der Waals surface area contributed by atoms with Crippen LogP contribution in [0.2, 0.25) is 5.02 Å². The van der Waals surface area contributed by atoms with Crippen molar-refractivity contribution in [1.29, 1.82) is 0 Å². The smallest absolute Gasteiger partial charge is 0.239 e. The Hall–Kier alpha value is -1.52. The number of aryl methyl sites for hydroxylation is 1. The highest BCUT2D eigenvalue weighted by molar-refractivity contribution is 9.10. The standard InChI is InChI=1S/C17H18BrClN2O/c1-12-10-14(18)4-7-16(12)21-11-17(22)20-9-8-13-2-5-15(19)6-3-13/h2-7,10,21H,8-9,11H2,1H3,(H,20,22). The van der Waals surface area contributed by atoms with Crippen LogP contribution < -0.4 is 10.6 Å². The number of rotatable bonds is 6. The van der Waals surface area contributed by atoms with Crippen LogP contribution in [-0.4, -0.2) is 19.0 Å². The van der Waals surface area contributed by atoms with Crippen LogP contribution in [0, 0.1) is 6.92 Å². The van der Waals surface area contributed by atoms with Gasteiger partial charge in [-0.2, -0.15) is 0 Å². The van der Waals surface area contributed by atoms with Crippen LogP contribution in [0.25, 0.3) is 0 Å². The summed E-state index contributed by atoms with van der Waals surface area (Å²) in [6, 6.07) is 13.6. The SMILES string of the molecule is Cc1cc(Br)ccc1NCC(=O)NCCc1ccc(Cl)cc1. The van der Waals surface area contributed by atoms with Crippen molar-refractivity contribution in [2.75, 3.05) is 18.4 Å². The molecule has 0 unspecified atom stereocenters. The molecule has 2 N–H and O–H groups in total. The third kappa shape index (κ3) is 5.35. The van der Waals surface area contributed by atoms with E-state index in [4.69, 9.17) is 11.6 Å². The predicted molar refractivity (Wildman–Crippen MR) is 95.5 cm³/mol. The largest absolute Gasteiger partial charge is 0.376 e. The summed E-state index contributed by atoms with van der Waals surface area (Å²) < 4.78 is 1.03. The molecule has 2 aromatic carbocycles. The molecule has 0 saturated carbocycles. The molecule has 0 aliphatic rings. The van der Waals surface area contributed by atoms with Gasteiger partial charge in [0.05, 0.1) is 6.54 Å². The zero-order valence-corrected chi connectivity index (χ0v) is 14.7. The summed E-state index contributed by atoms with van der Waals surface area (Å²) in [5.41, 5.74) is 3.22. The van der Waals surface area contributed by atoms with Crippen LogP contribution in [-0.2, 0) is 11.2 Å². The third-order valence-electron chi connectivity index (χ3n) is 3.28. The van der Waals surface area contributed by atoms with Crippen molar-refractivity contribution in [1.82, 2.24) is 5.32 Å². The number of hydrogen-bond donors (Lipinski definition) is 2. The molecule has 3 nitrogen and oxygen atoms in total. The fourth-order valence-electron chi connectivity index (χ4n) is 2.06. The van der Waals surface area contributed by atoms with Gasteiger partial charge in [-0.1, -0.05) is 39.7 Å².